The molecule has 0 fully saturated rings. The first-order valence-electron chi connectivity index (χ1n) is 5.51. The first kappa shape index (κ1) is 10.2. The molecular formula is C13H18N2. The third kappa shape index (κ3) is 1.77. The summed E-state index contributed by atoms with van der Waals surface area (Å²) < 4.78 is 2.19. The van der Waals surface area contributed by atoms with Gasteiger partial charge in [-0.3, -0.25) is 0 Å². The second-order valence-corrected chi connectivity index (χ2v) is 3.99. The maximum atomic E-state index is 3.45. The Balaban J connectivity index is 2.52. The normalized spacial score (nSPS) is 13.3. The topological polar surface area (TPSA) is 17.0 Å². The molecule has 0 amide bonds. The molecule has 0 bridgehead atoms. The van der Waals surface area contributed by atoms with E-state index in [-0.39, 0.29) is 0 Å². The molecule has 80 valence electrons. The summed E-state index contributed by atoms with van der Waals surface area (Å²) in [4.78, 5) is 0. The molecule has 1 heterocycles. The molecule has 0 saturated carbocycles. The Kier molecular flexibility index (Phi) is 2.78. The molecule has 0 aliphatic rings. The third-order valence-electron chi connectivity index (χ3n) is 2.90. The maximum Gasteiger partial charge on any atom is 0.0481 e. The van der Waals surface area contributed by atoms with Crippen LogP contribution < -0.4 is 5.32 Å². The zero-order chi connectivity index (χ0) is 10.8. The Morgan fingerprint density at radius 2 is 2.07 bits per heavy atom. The maximum absolute atomic E-state index is 3.45. The molecular weight excluding hydrogens is 184 g/mol. The highest BCUT2D eigenvalue weighted by Gasteiger charge is 2.10. The lowest BCUT2D eigenvalue weighted by atomic mass is 10.1. The monoisotopic (exact) mass is 202 g/mol. The molecule has 0 aliphatic heterocycles. The zero-order valence-electron chi connectivity index (χ0n) is 9.62. The van der Waals surface area contributed by atoms with Gasteiger partial charge in [0, 0.05) is 30.2 Å². The molecule has 1 atom stereocenters. The van der Waals surface area contributed by atoms with Crippen molar-refractivity contribution in [3.8, 4) is 0 Å². The predicted molar refractivity (Wildman–Crippen MR) is 65.0 cm³/mol. The smallest absolute Gasteiger partial charge is 0.0481 e. The van der Waals surface area contributed by atoms with Crippen LogP contribution in [0, 0.1) is 0 Å². The third-order valence-corrected chi connectivity index (χ3v) is 2.90. The number of benzene rings is 1. The lowest BCUT2D eigenvalue weighted by molar-refractivity contribution is 0.600. The number of aromatic nitrogens is 1. The summed E-state index contributed by atoms with van der Waals surface area (Å²) in [5, 5.41) is 4.81. The minimum atomic E-state index is 0.418. The van der Waals surface area contributed by atoms with Crippen LogP contribution in [-0.2, 0) is 7.05 Å². The predicted octanol–water partition coefficient (Wildman–Crippen LogP) is 2.85. The van der Waals surface area contributed by atoms with Crippen molar-refractivity contribution in [2.24, 2.45) is 7.05 Å². The minimum absolute atomic E-state index is 0.418. The summed E-state index contributed by atoms with van der Waals surface area (Å²) in [5.74, 6) is 0. The number of para-hydroxylation sites is 1. The number of aryl methyl sites for hydroxylation is 1. The molecule has 2 heteroatoms. The van der Waals surface area contributed by atoms with Gasteiger partial charge in [-0.05, 0) is 25.1 Å². The lowest BCUT2D eigenvalue weighted by Crippen LogP contribution is -2.17. The van der Waals surface area contributed by atoms with E-state index in [4.69, 9.17) is 0 Å². The average Bonchev–Trinajstić information content (AvgIpc) is 2.58. The lowest BCUT2D eigenvalue weighted by Gasteiger charge is -2.10. The van der Waals surface area contributed by atoms with Crippen molar-refractivity contribution < 1.29 is 0 Å². The summed E-state index contributed by atoms with van der Waals surface area (Å²) in [7, 11) is 2.10. The van der Waals surface area contributed by atoms with E-state index < -0.39 is 0 Å². The molecule has 15 heavy (non-hydrogen) atoms. The van der Waals surface area contributed by atoms with E-state index in [1.807, 2.05) is 0 Å². The fraction of sp³-hybridized carbons (Fsp3) is 0.385. The van der Waals surface area contributed by atoms with Gasteiger partial charge < -0.3 is 9.88 Å². The molecule has 2 nitrogen and oxygen atoms in total. The average molecular weight is 202 g/mol. The number of nitrogens with one attached hydrogen (secondary N) is 1. The largest absolute Gasteiger partial charge is 0.350 e. The highest BCUT2D eigenvalue weighted by Crippen LogP contribution is 2.25. The van der Waals surface area contributed by atoms with Gasteiger partial charge in [0.2, 0.25) is 0 Å². The molecule has 0 saturated heterocycles. The van der Waals surface area contributed by atoms with Gasteiger partial charge in [0.1, 0.15) is 0 Å². The first-order valence-corrected chi connectivity index (χ1v) is 5.51. The van der Waals surface area contributed by atoms with Crippen molar-refractivity contribution in [2.45, 2.75) is 19.9 Å². The van der Waals surface area contributed by atoms with E-state index >= 15 is 0 Å². The molecule has 0 radical (unpaired) electrons. The molecule has 1 N–H and O–H groups in total. The van der Waals surface area contributed by atoms with E-state index in [0.717, 1.165) is 6.54 Å². The standard InChI is InChI=1S/C13H18N2/c1-4-14-10(2)12-9-15(3)13-8-6-5-7-11(12)13/h5-10,14H,4H2,1-3H3/t10-/m1/s1. The highest BCUT2D eigenvalue weighted by atomic mass is 14.9. The molecule has 2 aromatic rings. The Morgan fingerprint density at radius 1 is 1.33 bits per heavy atom. The quantitative estimate of drug-likeness (QED) is 0.809. The highest BCUT2D eigenvalue weighted by molar-refractivity contribution is 5.84. The second-order valence-electron chi connectivity index (χ2n) is 3.99. The van der Waals surface area contributed by atoms with Crippen molar-refractivity contribution in [1.29, 1.82) is 0 Å². The summed E-state index contributed by atoms with van der Waals surface area (Å²) in [6.45, 7) is 5.36. The van der Waals surface area contributed by atoms with Crippen LogP contribution in [-0.4, -0.2) is 11.1 Å². The van der Waals surface area contributed by atoms with Gasteiger partial charge in [-0.2, -0.15) is 0 Å². The van der Waals surface area contributed by atoms with Crippen LogP contribution in [0.25, 0.3) is 10.9 Å². The Labute approximate surface area is 90.9 Å². The Bertz CT molecular complexity index is 457. The number of hydrogen-bond donors (Lipinski definition) is 1. The van der Waals surface area contributed by atoms with Crippen molar-refractivity contribution in [1.82, 2.24) is 9.88 Å². The van der Waals surface area contributed by atoms with Gasteiger partial charge in [0.15, 0.2) is 0 Å². The van der Waals surface area contributed by atoms with Crippen molar-refractivity contribution in [2.75, 3.05) is 6.54 Å². The molecule has 0 unspecified atom stereocenters. The van der Waals surface area contributed by atoms with Crippen LogP contribution in [0.1, 0.15) is 25.5 Å². The molecule has 2 rings (SSSR count). The summed E-state index contributed by atoms with van der Waals surface area (Å²) in [6.07, 6.45) is 2.22. The zero-order valence-corrected chi connectivity index (χ0v) is 9.62. The van der Waals surface area contributed by atoms with Crippen LogP contribution in [0.4, 0.5) is 0 Å². The van der Waals surface area contributed by atoms with Crippen LogP contribution in [0.5, 0.6) is 0 Å². The van der Waals surface area contributed by atoms with E-state index in [9.17, 15) is 0 Å². The second kappa shape index (κ2) is 4.07. The Morgan fingerprint density at radius 3 is 2.80 bits per heavy atom. The number of nitrogens with zero attached hydrogens (tertiary/aromatic N) is 1. The van der Waals surface area contributed by atoms with Crippen molar-refractivity contribution in [3.63, 3.8) is 0 Å². The van der Waals surface area contributed by atoms with E-state index in [1.165, 1.54) is 16.5 Å². The molecule has 0 aliphatic carbocycles. The van der Waals surface area contributed by atoms with Gasteiger partial charge in [-0.1, -0.05) is 25.1 Å². The minimum Gasteiger partial charge on any atom is -0.350 e. The van der Waals surface area contributed by atoms with Gasteiger partial charge in [0.25, 0.3) is 0 Å². The van der Waals surface area contributed by atoms with Crippen LogP contribution in [0.2, 0.25) is 0 Å². The van der Waals surface area contributed by atoms with E-state index in [2.05, 4.69) is 61.2 Å². The SMILES string of the molecule is CCN[C@H](C)c1cn(C)c2ccccc12. The van der Waals surface area contributed by atoms with Crippen LogP contribution >= 0.6 is 0 Å². The van der Waals surface area contributed by atoms with Crippen LogP contribution in [0.3, 0.4) is 0 Å². The van der Waals surface area contributed by atoms with Crippen LogP contribution in [0.15, 0.2) is 30.5 Å². The number of hydrogen-bond acceptors (Lipinski definition) is 1. The summed E-state index contributed by atoms with van der Waals surface area (Å²) in [6, 6.07) is 8.96. The van der Waals surface area contributed by atoms with Crippen molar-refractivity contribution >= 4 is 10.9 Å². The van der Waals surface area contributed by atoms with Gasteiger partial charge >= 0.3 is 0 Å². The van der Waals surface area contributed by atoms with E-state index in [1.54, 1.807) is 0 Å². The summed E-state index contributed by atoms with van der Waals surface area (Å²) in [5.41, 5.74) is 2.69. The number of rotatable bonds is 3. The van der Waals surface area contributed by atoms with Gasteiger partial charge in [-0.15, -0.1) is 0 Å². The van der Waals surface area contributed by atoms with Gasteiger partial charge in [-0.25, -0.2) is 0 Å². The number of fused-ring (bicyclic) bond motifs is 1. The molecule has 1 aromatic heterocycles. The van der Waals surface area contributed by atoms with Gasteiger partial charge in [0.05, 0.1) is 0 Å². The Hall–Kier alpha value is -1.28. The summed E-state index contributed by atoms with van der Waals surface area (Å²) >= 11 is 0. The first-order chi connectivity index (χ1) is 7.24. The fourth-order valence-electron chi connectivity index (χ4n) is 2.13. The molecule has 0 spiro atoms. The fourth-order valence-corrected chi connectivity index (χ4v) is 2.13. The van der Waals surface area contributed by atoms with Crippen molar-refractivity contribution in [3.05, 3.63) is 36.0 Å². The van der Waals surface area contributed by atoms with E-state index in [0.29, 0.717) is 6.04 Å². The molecule has 1 aromatic carbocycles.